The van der Waals surface area contributed by atoms with Gasteiger partial charge in [-0.05, 0) is 29.8 Å². The van der Waals surface area contributed by atoms with Gasteiger partial charge in [-0.3, -0.25) is 4.79 Å². The van der Waals surface area contributed by atoms with Gasteiger partial charge in [0.15, 0.2) is 0 Å². The van der Waals surface area contributed by atoms with Gasteiger partial charge in [0.25, 0.3) is 0 Å². The molecule has 3 nitrogen and oxygen atoms in total. The van der Waals surface area contributed by atoms with Crippen molar-refractivity contribution in [3.05, 3.63) is 64.7 Å². The number of hydrogen-bond donors (Lipinski definition) is 0. The quantitative estimate of drug-likeness (QED) is 0.867. The summed E-state index contributed by atoms with van der Waals surface area (Å²) in [5.41, 5.74) is 1.94. The zero-order chi connectivity index (χ0) is 14.5. The lowest BCUT2D eigenvalue weighted by atomic mass is 10.1. The lowest BCUT2D eigenvalue weighted by Crippen LogP contribution is -2.28. The first-order valence-electron chi connectivity index (χ1n) is 6.12. The SMILES string of the molecule is CN(C(=O)Cc1cccc(Cl)c1)c1ccccc1C#N. The van der Waals surface area contributed by atoms with Gasteiger partial charge in [-0.1, -0.05) is 35.9 Å². The highest BCUT2D eigenvalue weighted by Crippen LogP contribution is 2.19. The average molecular weight is 285 g/mol. The number of halogens is 1. The summed E-state index contributed by atoms with van der Waals surface area (Å²) in [4.78, 5) is 13.8. The van der Waals surface area contributed by atoms with Crippen molar-refractivity contribution >= 4 is 23.2 Å². The number of benzene rings is 2. The van der Waals surface area contributed by atoms with Crippen LogP contribution in [0.2, 0.25) is 5.02 Å². The van der Waals surface area contributed by atoms with Gasteiger partial charge >= 0.3 is 0 Å². The first kappa shape index (κ1) is 14.1. The summed E-state index contributed by atoms with van der Waals surface area (Å²) in [6.07, 6.45) is 0.247. The van der Waals surface area contributed by atoms with Crippen LogP contribution in [0.5, 0.6) is 0 Å². The topological polar surface area (TPSA) is 44.1 Å². The Bertz CT molecular complexity index is 676. The Morgan fingerprint density at radius 2 is 2.00 bits per heavy atom. The average Bonchev–Trinajstić information content (AvgIpc) is 2.46. The highest BCUT2D eigenvalue weighted by molar-refractivity contribution is 6.30. The van der Waals surface area contributed by atoms with Gasteiger partial charge in [0.2, 0.25) is 5.91 Å². The van der Waals surface area contributed by atoms with Gasteiger partial charge in [0.1, 0.15) is 6.07 Å². The Morgan fingerprint density at radius 1 is 1.25 bits per heavy atom. The van der Waals surface area contributed by atoms with Crippen LogP contribution < -0.4 is 4.90 Å². The summed E-state index contributed by atoms with van der Waals surface area (Å²) < 4.78 is 0. The summed E-state index contributed by atoms with van der Waals surface area (Å²) in [5, 5.41) is 9.68. The maximum atomic E-state index is 12.3. The number of carbonyl (C=O) groups is 1. The van der Waals surface area contributed by atoms with Gasteiger partial charge in [0.05, 0.1) is 17.7 Å². The predicted octanol–water partition coefficient (Wildman–Crippen LogP) is 3.42. The number of rotatable bonds is 3. The molecule has 0 aliphatic carbocycles. The maximum Gasteiger partial charge on any atom is 0.231 e. The van der Waals surface area contributed by atoms with E-state index in [1.165, 1.54) is 4.90 Å². The van der Waals surface area contributed by atoms with Crippen LogP contribution in [0, 0.1) is 11.3 Å². The van der Waals surface area contributed by atoms with E-state index in [0.29, 0.717) is 16.3 Å². The lowest BCUT2D eigenvalue weighted by molar-refractivity contribution is -0.117. The van der Waals surface area contributed by atoms with E-state index >= 15 is 0 Å². The zero-order valence-corrected chi connectivity index (χ0v) is 11.8. The van der Waals surface area contributed by atoms with E-state index in [9.17, 15) is 4.79 Å². The number of nitrogens with zero attached hydrogens (tertiary/aromatic N) is 2. The van der Waals surface area contributed by atoms with Gasteiger partial charge < -0.3 is 4.90 Å². The smallest absolute Gasteiger partial charge is 0.231 e. The fraction of sp³-hybridized carbons (Fsp3) is 0.125. The normalized spacial score (nSPS) is 9.85. The van der Waals surface area contributed by atoms with Crippen LogP contribution in [0.3, 0.4) is 0 Å². The third-order valence-electron chi connectivity index (χ3n) is 3.00. The van der Waals surface area contributed by atoms with Crippen LogP contribution in [0.25, 0.3) is 0 Å². The van der Waals surface area contributed by atoms with Gasteiger partial charge in [-0.15, -0.1) is 0 Å². The number of para-hydroxylation sites is 1. The van der Waals surface area contributed by atoms with Gasteiger partial charge in [-0.2, -0.15) is 5.26 Å². The van der Waals surface area contributed by atoms with Crippen molar-refractivity contribution < 1.29 is 4.79 Å². The molecule has 20 heavy (non-hydrogen) atoms. The fourth-order valence-electron chi connectivity index (χ4n) is 1.94. The van der Waals surface area contributed by atoms with E-state index in [2.05, 4.69) is 6.07 Å². The molecule has 2 rings (SSSR count). The third kappa shape index (κ3) is 3.17. The van der Waals surface area contributed by atoms with Crippen molar-refractivity contribution in [2.45, 2.75) is 6.42 Å². The summed E-state index contributed by atoms with van der Waals surface area (Å²) in [6.45, 7) is 0. The standard InChI is InChI=1S/C16H13ClN2O/c1-19(15-8-3-2-6-13(15)11-18)16(20)10-12-5-4-7-14(17)9-12/h2-9H,10H2,1H3. The number of hydrogen-bond acceptors (Lipinski definition) is 2. The number of nitriles is 1. The van der Waals surface area contributed by atoms with Gasteiger partial charge in [0, 0.05) is 12.1 Å². The van der Waals surface area contributed by atoms with E-state index in [1.807, 2.05) is 12.1 Å². The minimum atomic E-state index is -0.0880. The molecule has 1 amide bonds. The van der Waals surface area contributed by atoms with Crippen LogP contribution >= 0.6 is 11.6 Å². The Hall–Kier alpha value is -2.31. The molecule has 2 aromatic carbocycles. The molecule has 4 heteroatoms. The zero-order valence-electron chi connectivity index (χ0n) is 11.0. The van der Waals surface area contributed by atoms with E-state index < -0.39 is 0 Å². The van der Waals surface area contributed by atoms with Gasteiger partial charge in [-0.25, -0.2) is 0 Å². The molecule has 0 atom stereocenters. The third-order valence-corrected chi connectivity index (χ3v) is 3.24. The molecule has 0 unspecified atom stereocenters. The highest BCUT2D eigenvalue weighted by Gasteiger charge is 2.14. The Morgan fingerprint density at radius 3 is 2.70 bits per heavy atom. The monoisotopic (exact) mass is 284 g/mol. The maximum absolute atomic E-state index is 12.3. The molecule has 0 saturated heterocycles. The molecule has 0 aromatic heterocycles. The van der Waals surface area contributed by atoms with E-state index in [-0.39, 0.29) is 12.3 Å². The van der Waals surface area contributed by atoms with Crippen molar-refractivity contribution in [1.82, 2.24) is 0 Å². The second-order valence-corrected chi connectivity index (χ2v) is 4.82. The van der Waals surface area contributed by atoms with Crippen LogP contribution in [0.15, 0.2) is 48.5 Å². The lowest BCUT2D eigenvalue weighted by Gasteiger charge is -2.18. The molecule has 0 saturated carbocycles. The second kappa shape index (κ2) is 6.23. The highest BCUT2D eigenvalue weighted by atomic mass is 35.5. The number of likely N-dealkylation sites (N-methyl/N-ethyl adjacent to an activating group) is 1. The van der Waals surface area contributed by atoms with Crippen LogP contribution in [0.1, 0.15) is 11.1 Å². The Labute approximate surface area is 123 Å². The number of amides is 1. The number of anilines is 1. The van der Waals surface area contributed by atoms with Crippen LogP contribution in [-0.2, 0) is 11.2 Å². The van der Waals surface area contributed by atoms with E-state index in [1.54, 1.807) is 43.4 Å². The first-order valence-corrected chi connectivity index (χ1v) is 6.49. The molecule has 0 bridgehead atoms. The summed E-state index contributed by atoms with van der Waals surface area (Å²) in [6, 6.07) is 16.3. The molecule has 0 radical (unpaired) electrons. The van der Waals surface area contributed by atoms with Crippen molar-refractivity contribution in [2.75, 3.05) is 11.9 Å². The molecule has 0 aliphatic rings. The van der Waals surface area contributed by atoms with E-state index in [0.717, 1.165) is 5.56 Å². The molecule has 0 N–H and O–H groups in total. The van der Waals surface area contributed by atoms with Crippen molar-refractivity contribution in [3.8, 4) is 6.07 Å². The fourth-order valence-corrected chi connectivity index (χ4v) is 2.15. The molecule has 100 valence electrons. The van der Waals surface area contributed by atoms with Crippen molar-refractivity contribution in [2.24, 2.45) is 0 Å². The van der Waals surface area contributed by atoms with Crippen LogP contribution in [0.4, 0.5) is 5.69 Å². The summed E-state index contributed by atoms with van der Waals surface area (Å²) in [7, 11) is 1.67. The Balaban J connectivity index is 2.19. The largest absolute Gasteiger partial charge is 0.314 e. The summed E-state index contributed by atoms with van der Waals surface area (Å²) in [5.74, 6) is -0.0880. The Kier molecular flexibility index (Phi) is 4.39. The molecule has 0 spiro atoms. The van der Waals surface area contributed by atoms with Crippen molar-refractivity contribution in [3.63, 3.8) is 0 Å². The minimum absolute atomic E-state index is 0.0880. The van der Waals surface area contributed by atoms with Crippen molar-refractivity contribution in [1.29, 1.82) is 5.26 Å². The molecular weight excluding hydrogens is 272 g/mol. The number of carbonyl (C=O) groups excluding carboxylic acids is 1. The minimum Gasteiger partial charge on any atom is -0.314 e. The summed E-state index contributed by atoms with van der Waals surface area (Å²) >= 11 is 5.90. The second-order valence-electron chi connectivity index (χ2n) is 4.39. The molecule has 0 fully saturated rings. The van der Waals surface area contributed by atoms with E-state index in [4.69, 9.17) is 16.9 Å². The first-order chi connectivity index (χ1) is 9.61. The molecule has 0 heterocycles. The predicted molar refractivity (Wildman–Crippen MR) is 79.7 cm³/mol. The molecule has 2 aromatic rings. The van der Waals surface area contributed by atoms with Crippen LogP contribution in [-0.4, -0.2) is 13.0 Å². The molecular formula is C16H13ClN2O. The molecule has 0 aliphatic heterocycles.